The first-order valence-corrected chi connectivity index (χ1v) is 31.8. The van der Waals surface area contributed by atoms with Gasteiger partial charge in [0.15, 0.2) is 6.29 Å². The predicted molar refractivity (Wildman–Crippen MR) is 331 cm³/mol. The summed E-state index contributed by atoms with van der Waals surface area (Å²) >= 11 is 0. The van der Waals surface area contributed by atoms with E-state index >= 15 is 0 Å². The van der Waals surface area contributed by atoms with Crippen LogP contribution in [0.2, 0.25) is 0 Å². The molecule has 7 unspecified atom stereocenters. The first-order valence-electron chi connectivity index (χ1n) is 31.8. The maximum atomic E-state index is 13.1. The normalized spacial score (nSPS) is 19.5. The fourth-order valence-electron chi connectivity index (χ4n) is 9.31. The summed E-state index contributed by atoms with van der Waals surface area (Å²) in [5, 5.41) is 54.5. The quantitative estimate of drug-likeness (QED) is 0.0261. The van der Waals surface area contributed by atoms with Crippen LogP contribution in [0.1, 0.15) is 251 Å². The number of amides is 1. The molecule has 0 saturated carbocycles. The van der Waals surface area contributed by atoms with E-state index in [-0.39, 0.29) is 12.5 Å². The third-order valence-electron chi connectivity index (χ3n) is 14.3. The number of carbonyl (C=O) groups excluding carboxylic acids is 1. The van der Waals surface area contributed by atoms with Crippen molar-refractivity contribution in [2.45, 2.75) is 294 Å². The van der Waals surface area contributed by atoms with Gasteiger partial charge in [-0.3, -0.25) is 4.79 Å². The van der Waals surface area contributed by atoms with Crippen molar-refractivity contribution in [3.8, 4) is 0 Å². The van der Waals surface area contributed by atoms with Crippen LogP contribution in [0.5, 0.6) is 0 Å². The maximum Gasteiger partial charge on any atom is 0.220 e. The number of allylic oxidation sites excluding steroid dienone is 19. The van der Waals surface area contributed by atoms with E-state index in [9.17, 15) is 30.3 Å². The van der Waals surface area contributed by atoms with E-state index in [1.165, 1.54) is 141 Å². The molecule has 0 aromatic heterocycles. The molecule has 6 N–H and O–H groups in total. The zero-order chi connectivity index (χ0) is 56.5. The molecule has 0 aromatic rings. The van der Waals surface area contributed by atoms with Crippen LogP contribution in [0, 0.1) is 0 Å². The van der Waals surface area contributed by atoms with Crippen LogP contribution in [0.25, 0.3) is 0 Å². The zero-order valence-electron chi connectivity index (χ0n) is 49.6. The van der Waals surface area contributed by atoms with Gasteiger partial charge < -0.3 is 40.3 Å². The number of nitrogens with one attached hydrogen (secondary N) is 1. The molecule has 0 bridgehead atoms. The summed E-state index contributed by atoms with van der Waals surface area (Å²) in [4.78, 5) is 13.1. The van der Waals surface area contributed by atoms with Gasteiger partial charge in [-0.1, -0.05) is 270 Å². The van der Waals surface area contributed by atoms with E-state index in [0.717, 1.165) is 89.9 Å². The summed E-state index contributed by atoms with van der Waals surface area (Å²) in [6.45, 7) is 3.65. The van der Waals surface area contributed by atoms with Crippen LogP contribution in [0.3, 0.4) is 0 Å². The van der Waals surface area contributed by atoms with Crippen molar-refractivity contribution in [2.75, 3.05) is 13.2 Å². The lowest BCUT2D eigenvalue weighted by atomic mass is 9.99. The fourth-order valence-corrected chi connectivity index (χ4v) is 9.31. The Hall–Kier alpha value is -3.41. The van der Waals surface area contributed by atoms with Gasteiger partial charge in [0.05, 0.1) is 25.4 Å². The Morgan fingerprint density at radius 3 is 1.23 bits per heavy atom. The highest BCUT2D eigenvalue weighted by Crippen LogP contribution is 2.23. The second-order valence-corrected chi connectivity index (χ2v) is 21.5. The number of ether oxygens (including phenoxy) is 2. The molecule has 0 radical (unpaired) electrons. The fraction of sp³-hybridized carbons (Fsp3) is 0.696. The van der Waals surface area contributed by atoms with E-state index in [4.69, 9.17) is 9.47 Å². The molecule has 1 aliphatic rings. The average Bonchev–Trinajstić information content (AvgIpc) is 3.45. The summed E-state index contributed by atoms with van der Waals surface area (Å²) in [6.07, 6.45) is 78.5. The molecular weight excluding hydrogens is 971 g/mol. The summed E-state index contributed by atoms with van der Waals surface area (Å²) in [6, 6.07) is -0.829. The Balaban J connectivity index is 2.13. The van der Waals surface area contributed by atoms with Gasteiger partial charge in [-0.05, 0) is 96.3 Å². The molecule has 7 atom stereocenters. The third-order valence-corrected chi connectivity index (χ3v) is 14.3. The molecule has 1 rings (SSSR count). The SMILES string of the molecule is CC/C=C\C/C=C\C/C=C\C/C=C\C/C=C\C/C=C\C/C=C\C/C=C\CCCCCCCCCCCCCCCCC(=O)NC(COC1OC(CO)C(O)C(O)C1O)C(O)/C=C/CC/C=C/CCCCCCCCCCCC. The Morgan fingerprint density at radius 2 is 0.808 bits per heavy atom. The molecule has 1 aliphatic heterocycles. The van der Waals surface area contributed by atoms with Crippen molar-refractivity contribution in [3.05, 3.63) is 122 Å². The van der Waals surface area contributed by atoms with Crippen molar-refractivity contribution < 1.29 is 39.8 Å². The number of hydrogen-bond donors (Lipinski definition) is 6. The Bertz CT molecular complexity index is 1640. The van der Waals surface area contributed by atoms with Gasteiger partial charge in [-0.25, -0.2) is 0 Å². The molecule has 1 amide bonds. The van der Waals surface area contributed by atoms with Crippen LogP contribution in [-0.2, 0) is 14.3 Å². The highest BCUT2D eigenvalue weighted by molar-refractivity contribution is 5.76. The molecule has 0 aromatic carbocycles. The molecule has 0 aliphatic carbocycles. The van der Waals surface area contributed by atoms with Gasteiger partial charge in [-0.2, -0.15) is 0 Å². The summed E-state index contributed by atoms with van der Waals surface area (Å²) < 4.78 is 11.3. The molecule has 1 saturated heterocycles. The summed E-state index contributed by atoms with van der Waals surface area (Å²) in [5.74, 6) is -0.191. The zero-order valence-corrected chi connectivity index (χ0v) is 49.6. The first kappa shape index (κ1) is 72.6. The van der Waals surface area contributed by atoms with Crippen LogP contribution >= 0.6 is 0 Å². The Labute approximate surface area is 478 Å². The van der Waals surface area contributed by atoms with Gasteiger partial charge in [0.2, 0.25) is 5.91 Å². The minimum Gasteiger partial charge on any atom is -0.394 e. The highest BCUT2D eigenvalue weighted by Gasteiger charge is 2.44. The van der Waals surface area contributed by atoms with E-state index in [0.29, 0.717) is 6.42 Å². The van der Waals surface area contributed by atoms with Crippen LogP contribution < -0.4 is 5.32 Å². The smallest absolute Gasteiger partial charge is 0.220 e. The molecule has 446 valence electrons. The second kappa shape index (κ2) is 56.8. The number of aliphatic hydroxyl groups is 5. The second-order valence-electron chi connectivity index (χ2n) is 21.5. The van der Waals surface area contributed by atoms with Gasteiger partial charge in [0.1, 0.15) is 24.4 Å². The molecular formula is C69H117NO8. The van der Waals surface area contributed by atoms with Crippen molar-refractivity contribution in [2.24, 2.45) is 0 Å². The minimum absolute atomic E-state index is 0.191. The predicted octanol–water partition coefficient (Wildman–Crippen LogP) is 16.7. The Morgan fingerprint density at radius 1 is 0.449 bits per heavy atom. The van der Waals surface area contributed by atoms with Crippen LogP contribution in [0.15, 0.2) is 122 Å². The van der Waals surface area contributed by atoms with Gasteiger partial charge in [-0.15, -0.1) is 0 Å². The number of rotatable bonds is 53. The number of aliphatic hydroxyl groups excluding tert-OH is 5. The number of hydrogen-bond acceptors (Lipinski definition) is 8. The standard InChI is InChI=1S/C69H117NO8/c1-3-5-7-9-11-13-15-17-19-21-22-23-24-25-26-27-28-29-30-31-32-33-34-35-36-37-38-39-40-41-42-43-45-47-49-51-53-55-57-59-65(73)70-62(61-77-69-68(76)67(75)66(74)64(60-71)78-69)63(72)58-56-54-52-50-48-46-44-20-18-16-14-12-10-8-6-4-2/h5,7,11,13,17,19,22-23,25-26,28-29,31-32,34-35,48,50,56,58,62-64,66-69,71-72,74-76H,3-4,6,8-10,12,14-16,18,20-21,24,27,30,33,36-47,49,51-55,57,59-61H2,1-2H3,(H,70,73)/b7-5-,13-11-,19-17-,23-22-,26-25-,29-28-,32-31-,35-34-,50-48+,58-56+. The molecule has 0 spiro atoms. The first-order chi connectivity index (χ1) is 38.3. The number of unbranched alkanes of at least 4 members (excludes halogenated alkanes) is 25. The van der Waals surface area contributed by atoms with Gasteiger partial charge in [0.25, 0.3) is 0 Å². The highest BCUT2D eigenvalue weighted by atomic mass is 16.7. The third kappa shape index (κ3) is 45.3. The van der Waals surface area contributed by atoms with Crippen LogP contribution in [-0.4, -0.2) is 87.5 Å². The average molecular weight is 1090 g/mol. The maximum absolute atomic E-state index is 13.1. The van der Waals surface area contributed by atoms with Gasteiger partial charge in [0, 0.05) is 6.42 Å². The van der Waals surface area contributed by atoms with Crippen molar-refractivity contribution >= 4 is 5.91 Å². The monoisotopic (exact) mass is 1090 g/mol. The lowest BCUT2D eigenvalue weighted by Crippen LogP contribution is -2.60. The van der Waals surface area contributed by atoms with E-state index in [1.54, 1.807) is 6.08 Å². The van der Waals surface area contributed by atoms with E-state index < -0.39 is 49.5 Å². The molecule has 9 heteroatoms. The largest absolute Gasteiger partial charge is 0.394 e. The van der Waals surface area contributed by atoms with Gasteiger partial charge >= 0.3 is 0 Å². The molecule has 78 heavy (non-hydrogen) atoms. The summed E-state index contributed by atoms with van der Waals surface area (Å²) in [5.41, 5.74) is 0. The number of carbonyl (C=O) groups is 1. The topological polar surface area (TPSA) is 149 Å². The Kier molecular flexibility index (Phi) is 52.9. The molecule has 1 fully saturated rings. The lowest BCUT2D eigenvalue weighted by Gasteiger charge is -2.40. The van der Waals surface area contributed by atoms with Crippen molar-refractivity contribution in [3.63, 3.8) is 0 Å². The lowest BCUT2D eigenvalue weighted by molar-refractivity contribution is -0.302. The van der Waals surface area contributed by atoms with E-state index in [1.807, 2.05) is 6.08 Å². The molecule has 1 heterocycles. The minimum atomic E-state index is -1.58. The molecule has 9 nitrogen and oxygen atoms in total. The van der Waals surface area contributed by atoms with Crippen LogP contribution in [0.4, 0.5) is 0 Å². The van der Waals surface area contributed by atoms with E-state index in [2.05, 4.69) is 129 Å². The summed E-state index contributed by atoms with van der Waals surface area (Å²) in [7, 11) is 0. The van der Waals surface area contributed by atoms with Crippen molar-refractivity contribution in [1.29, 1.82) is 0 Å². The van der Waals surface area contributed by atoms with Crippen molar-refractivity contribution in [1.82, 2.24) is 5.32 Å².